The molecular weight excluding hydrogens is 262 g/mol. The molecule has 0 aliphatic carbocycles. The molecule has 0 unspecified atom stereocenters. The summed E-state index contributed by atoms with van der Waals surface area (Å²) in [7, 11) is 0. The zero-order valence-corrected chi connectivity index (χ0v) is 14.3. The summed E-state index contributed by atoms with van der Waals surface area (Å²) in [6.45, 7) is 16.4. The summed E-state index contributed by atoms with van der Waals surface area (Å²) >= 11 is 0. The van der Waals surface area contributed by atoms with Crippen LogP contribution in [0.5, 0.6) is 0 Å². The van der Waals surface area contributed by atoms with Crippen LogP contribution >= 0.6 is 0 Å². The van der Waals surface area contributed by atoms with Gasteiger partial charge in [-0.25, -0.2) is 0 Å². The van der Waals surface area contributed by atoms with Gasteiger partial charge in [0.15, 0.2) is 0 Å². The second-order valence-electron chi connectivity index (χ2n) is 8.12. The van der Waals surface area contributed by atoms with E-state index in [0.717, 1.165) is 25.3 Å². The van der Waals surface area contributed by atoms with Crippen LogP contribution in [0.3, 0.4) is 0 Å². The number of nitrogens with zero attached hydrogens (tertiary/aromatic N) is 4. The van der Waals surface area contributed by atoms with Gasteiger partial charge in [-0.15, -0.1) is 5.10 Å². The molecule has 120 valence electrons. The maximum absolute atomic E-state index is 4.24. The Hall–Kier alpha value is -0.940. The minimum Gasteiger partial charge on any atom is -0.306 e. The first-order chi connectivity index (χ1) is 9.73. The predicted molar refractivity (Wildman–Crippen MR) is 86.1 cm³/mol. The molecular formula is C16H31N5. The average Bonchev–Trinajstić information content (AvgIpc) is 2.80. The summed E-state index contributed by atoms with van der Waals surface area (Å²) in [5.41, 5.74) is 1.59. The van der Waals surface area contributed by atoms with E-state index >= 15 is 0 Å². The van der Waals surface area contributed by atoms with Crippen LogP contribution in [0.2, 0.25) is 0 Å². The molecule has 1 aromatic rings. The van der Waals surface area contributed by atoms with Gasteiger partial charge in [0, 0.05) is 31.4 Å². The van der Waals surface area contributed by atoms with Crippen molar-refractivity contribution in [1.82, 2.24) is 25.2 Å². The molecule has 1 aromatic heterocycles. The lowest BCUT2D eigenvalue weighted by atomic mass is 9.84. The van der Waals surface area contributed by atoms with Crippen molar-refractivity contribution in [3.63, 3.8) is 0 Å². The number of nitrogens with one attached hydrogen (secondary N) is 1. The van der Waals surface area contributed by atoms with Gasteiger partial charge in [-0.05, 0) is 45.6 Å². The van der Waals surface area contributed by atoms with Crippen LogP contribution in [0.4, 0.5) is 0 Å². The molecule has 1 aliphatic heterocycles. The van der Waals surface area contributed by atoms with Gasteiger partial charge < -0.3 is 10.2 Å². The lowest BCUT2D eigenvalue weighted by Crippen LogP contribution is -2.41. The standard InChI is InChI=1S/C16H31N5/c1-15(2,3)17-11-14-12-21(19-18-14)10-9-20-8-6-7-16(4,5)13-20/h12,17H,6-11,13H2,1-5H3. The van der Waals surface area contributed by atoms with Gasteiger partial charge in [-0.2, -0.15) is 0 Å². The number of likely N-dealkylation sites (tertiary alicyclic amines) is 1. The Bertz CT molecular complexity index is 444. The molecule has 0 amide bonds. The highest BCUT2D eigenvalue weighted by molar-refractivity contribution is 4.93. The molecule has 0 saturated carbocycles. The molecule has 1 N–H and O–H groups in total. The van der Waals surface area contributed by atoms with Gasteiger partial charge in [0.1, 0.15) is 0 Å². The maximum Gasteiger partial charge on any atom is 0.0965 e. The number of hydrogen-bond donors (Lipinski definition) is 1. The monoisotopic (exact) mass is 293 g/mol. The van der Waals surface area contributed by atoms with E-state index < -0.39 is 0 Å². The fraction of sp³-hybridized carbons (Fsp3) is 0.875. The van der Waals surface area contributed by atoms with Crippen LogP contribution < -0.4 is 5.32 Å². The van der Waals surface area contributed by atoms with Crippen molar-refractivity contribution in [3.05, 3.63) is 11.9 Å². The van der Waals surface area contributed by atoms with Crippen LogP contribution in [-0.2, 0) is 13.1 Å². The highest BCUT2D eigenvalue weighted by atomic mass is 15.4. The van der Waals surface area contributed by atoms with Crippen molar-refractivity contribution in [2.75, 3.05) is 19.6 Å². The van der Waals surface area contributed by atoms with Gasteiger partial charge in [0.05, 0.1) is 12.2 Å². The van der Waals surface area contributed by atoms with Crippen LogP contribution in [0, 0.1) is 5.41 Å². The quantitative estimate of drug-likeness (QED) is 0.905. The fourth-order valence-corrected chi connectivity index (χ4v) is 2.86. The highest BCUT2D eigenvalue weighted by Crippen LogP contribution is 2.28. The third-order valence-electron chi connectivity index (χ3n) is 4.01. The van der Waals surface area contributed by atoms with Gasteiger partial charge in [-0.3, -0.25) is 4.68 Å². The normalized spacial score (nSPS) is 19.9. The third-order valence-corrected chi connectivity index (χ3v) is 4.01. The number of rotatable bonds is 5. The lowest BCUT2D eigenvalue weighted by Gasteiger charge is -2.37. The Morgan fingerprint density at radius 3 is 2.71 bits per heavy atom. The Labute approximate surface area is 129 Å². The van der Waals surface area contributed by atoms with Crippen LogP contribution in [0.1, 0.15) is 53.2 Å². The Morgan fingerprint density at radius 2 is 2.05 bits per heavy atom. The smallest absolute Gasteiger partial charge is 0.0965 e. The molecule has 0 bridgehead atoms. The zero-order valence-electron chi connectivity index (χ0n) is 14.3. The van der Waals surface area contributed by atoms with Crippen LogP contribution in [0.15, 0.2) is 6.20 Å². The summed E-state index contributed by atoms with van der Waals surface area (Å²) in [5, 5.41) is 11.9. The molecule has 0 spiro atoms. The van der Waals surface area contributed by atoms with Crippen molar-refractivity contribution < 1.29 is 0 Å². The molecule has 1 aliphatic rings. The molecule has 21 heavy (non-hydrogen) atoms. The Balaban J connectivity index is 1.77. The Kier molecular flexibility index (Phi) is 5.04. The topological polar surface area (TPSA) is 46.0 Å². The number of aromatic nitrogens is 3. The minimum absolute atomic E-state index is 0.114. The summed E-state index contributed by atoms with van der Waals surface area (Å²) in [5.74, 6) is 0. The van der Waals surface area contributed by atoms with E-state index in [1.165, 1.54) is 25.9 Å². The summed E-state index contributed by atoms with van der Waals surface area (Å²) in [6.07, 6.45) is 4.72. The molecule has 0 aromatic carbocycles. The van der Waals surface area contributed by atoms with Gasteiger partial charge in [-0.1, -0.05) is 19.1 Å². The van der Waals surface area contributed by atoms with Crippen molar-refractivity contribution in [2.45, 2.75) is 66.1 Å². The van der Waals surface area contributed by atoms with Crippen molar-refractivity contribution >= 4 is 0 Å². The minimum atomic E-state index is 0.114. The zero-order chi connectivity index (χ0) is 15.5. The van der Waals surface area contributed by atoms with Crippen molar-refractivity contribution in [1.29, 1.82) is 0 Å². The van der Waals surface area contributed by atoms with Gasteiger partial charge >= 0.3 is 0 Å². The van der Waals surface area contributed by atoms with E-state index in [9.17, 15) is 0 Å². The molecule has 2 rings (SSSR count). The first kappa shape index (κ1) is 16.4. The third kappa shape index (κ3) is 5.75. The highest BCUT2D eigenvalue weighted by Gasteiger charge is 2.25. The van der Waals surface area contributed by atoms with Gasteiger partial charge in [0.2, 0.25) is 0 Å². The van der Waals surface area contributed by atoms with E-state index in [1.807, 2.05) is 4.68 Å². The maximum atomic E-state index is 4.24. The van der Waals surface area contributed by atoms with E-state index in [1.54, 1.807) is 0 Å². The van der Waals surface area contributed by atoms with Crippen LogP contribution in [0.25, 0.3) is 0 Å². The molecule has 5 heteroatoms. The molecule has 5 nitrogen and oxygen atoms in total. The van der Waals surface area contributed by atoms with E-state index in [-0.39, 0.29) is 5.54 Å². The first-order valence-corrected chi connectivity index (χ1v) is 8.10. The lowest BCUT2D eigenvalue weighted by molar-refractivity contribution is 0.113. The first-order valence-electron chi connectivity index (χ1n) is 8.10. The second-order valence-corrected chi connectivity index (χ2v) is 8.12. The molecule has 2 heterocycles. The van der Waals surface area contributed by atoms with E-state index in [2.05, 4.69) is 61.3 Å². The summed E-state index contributed by atoms with van der Waals surface area (Å²) < 4.78 is 1.97. The van der Waals surface area contributed by atoms with Gasteiger partial charge in [0.25, 0.3) is 0 Å². The SMILES string of the molecule is CC1(C)CCCN(CCn2cc(CNC(C)(C)C)nn2)C1. The largest absolute Gasteiger partial charge is 0.306 e. The number of hydrogen-bond acceptors (Lipinski definition) is 4. The fourth-order valence-electron chi connectivity index (χ4n) is 2.86. The molecule has 1 saturated heterocycles. The van der Waals surface area contributed by atoms with Crippen molar-refractivity contribution in [2.24, 2.45) is 5.41 Å². The van der Waals surface area contributed by atoms with E-state index in [4.69, 9.17) is 0 Å². The summed E-state index contributed by atoms with van der Waals surface area (Å²) in [6, 6.07) is 0. The Morgan fingerprint density at radius 1 is 1.29 bits per heavy atom. The molecule has 0 atom stereocenters. The van der Waals surface area contributed by atoms with E-state index in [0.29, 0.717) is 5.41 Å². The molecule has 1 fully saturated rings. The second kappa shape index (κ2) is 6.44. The van der Waals surface area contributed by atoms with Crippen molar-refractivity contribution in [3.8, 4) is 0 Å². The predicted octanol–water partition coefficient (Wildman–Crippen LogP) is 2.29. The summed E-state index contributed by atoms with van der Waals surface area (Å²) in [4.78, 5) is 2.55. The average molecular weight is 293 g/mol. The van der Waals surface area contributed by atoms with Crippen LogP contribution in [-0.4, -0.2) is 45.1 Å². The molecule has 0 radical (unpaired) electrons. The number of piperidine rings is 1.